The van der Waals surface area contributed by atoms with E-state index in [0.29, 0.717) is 5.33 Å². The van der Waals surface area contributed by atoms with Crippen molar-refractivity contribution in [1.82, 2.24) is 4.98 Å². The topological polar surface area (TPSA) is 19.4 Å². The van der Waals surface area contributed by atoms with Crippen molar-refractivity contribution in [2.45, 2.75) is 5.33 Å². The molecule has 0 aliphatic carbocycles. The first-order valence-electron chi connectivity index (χ1n) is 7.04. The lowest BCUT2D eigenvalue weighted by Gasteiger charge is -2.37. The van der Waals surface area contributed by atoms with E-state index in [2.05, 4.69) is 30.7 Å². The van der Waals surface area contributed by atoms with Crippen molar-refractivity contribution in [2.24, 2.45) is 0 Å². The van der Waals surface area contributed by atoms with Crippen molar-refractivity contribution < 1.29 is 4.39 Å². The Bertz CT molecular complexity index is 598. The van der Waals surface area contributed by atoms with Crippen LogP contribution in [0.2, 0.25) is 0 Å². The lowest BCUT2D eigenvalue weighted by molar-refractivity contribution is 0.594. The van der Waals surface area contributed by atoms with Crippen molar-refractivity contribution in [3.8, 4) is 0 Å². The second-order valence-electron chi connectivity index (χ2n) is 5.04. The van der Waals surface area contributed by atoms with Gasteiger partial charge in [0.25, 0.3) is 0 Å². The van der Waals surface area contributed by atoms with Crippen molar-refractivity contribution >= 4 is 27.4 Å². The Morgan fingerprint density at radius 3 is 2.43 bits per heavy atom. The lowest BCUT2D eigenvalue weighted by Crippen LogP contribution is -2.47. The number of alkyl halides is 1. The highest BCUT2D eigenvalue weighted by Gasteiger charge is 2.22. The number of anilines is 2. The largest absolute Gasteiger partial charge is 0.365 e. The molecule has 0 N–H and O–H groups in total. The first kappa shape index (κ1) is 14.3. The number of pyridine rings is 1. The van der Waals surface area contributed by atoms with E-state index in [1.807, 2.05) is 30.5 Å². The average molecular weight is 350 g/mol. The fraction of sp³-hybridized carbons (Fsp3) is 0.312. The summed E-state index contributed by atoms with van der Waals surface area (Å²) < 4.78 is 14.2. The molecular formula is C16H17BrFN3. The fourth-order valence-corrected chi connectivity index (χ4v) is 3.17. The van der Waals surface area contributed by atoms with Crippen LogP contribution in [0.5, 0.6) is 0 Å². The van der Waals surface area contributed by atoms with Gasteiger partial charge < -0.3 is 9.80 Å². The van der Waals surface area contributed by atoms with Gasteiger partial charge in [-0.25, -0.2) is 9.37 Å². The Hall–Kier alpha value is -1.62. The van der Waals surface area contributed by atoms with Gasteiger partial charge >= 0.3 is 0 Å². The average Bonchev–Trinajstić information content (AvgIpc) is 2.55. The molecule has 3 nitrogen and oxygen atoms in total. The van der Waals surface area contributed by atoms with Gasteiger partial charge in [-0.3, -0.25) is 0 Å². The minimum Gasteiger partial charge on any atom is -0.365 e. The minimum absolute atomic E-state index is 0.141. The second-order valence-corrected chi connectivity index (χ2v) is 5.60. The van der Waals surface area contributed by atoms with Gasteiger partial charge in [0.15, 0.2) is 0 Å². The third kappa shape index (κ3) is 3.02. The first-order chi connectivity index (χ1) is 10.3. The van der Waals surface area contributed by atoms with Gasteiger partial charge in [-0.05, 0) is 23.8 Å². The molecule has 2 heterocycles. The number of nitrogens with zero attached hydrogens (tertiary/aromatic N) is 3. The number of aromatic nitrogens is 1. The van der Waals surface area contributed by atoms with Crippen LogP contribution in [0.3, 0.4) is 0 Å². The zero-order valence-corrected chi connectivity index (χ0v) is 13.3. The quantitative estimate of drug-likeness (QED) is 0.791. The Kier molecular flexibility index (Phi) is 4.39. The molecule has 1 aliphatic heterocycles. The first-order valence-corrected chi connectivity index (χ1v) is 8.16. The van der Waals surface area contributed by atoms with Gasteiger partial charge in [0, 0.05) is 37.7 Å². The van der Waals surface area contributed by atoms with Crippen molar-refractivity contribution in [3.63, 3.8) is 0 Å². The van der Waals surface area contributed by atoms with Crippen LogP contribution in [0.25, 0.3) is 0 Å². The van der Waals surface area contributed by atoms with Crippen LogP contribution in [0.4, 0.5) is 15.9 Å². The third-order valence-electron chi connectivity index (χ3n) is 3.78. The van der Waals surface area contributed by atoms with Gasteiger partial charge in [-0.1, -0.05) is 34.1 Å². The number of piperazine rings is 1. The fourth-order valence-electron chi connectivity index (χ4n) is 2.72. The van der Waals surface area contributed by atoms with Crippen LogP contribution < -0.4 is 9.80 Å². The molecule has 3 rings (SSSR count). The van der Waals surface area contributed by atoms with E-state index in [0.717, 1.165) is 43.2 Å². The zero-order valence-electron chi connectivity index (χ0n) is 11.7. The maximum Gasteiger partial charge on any atom is 0.146 e. The molecule has 0 bridgehead atoms. The Labute approximate surface area is 132 Å². The van der Waals surface area contributed by atoms with Crippen LogP contribution in [0, 0.1) is 5.82 Å². The van der Waals surface area contributed by atoms with Gasteiger partial charge in [0.2, 0.25) is 0 Å². The van der Waals surface area contributed by atoms with Gasteiger partial charge in [0.05, 0.1) is 5.69 Å². The summed E-state index contributed by atoms with van der Waals surface area (Å²) in [5.74, 6) is 0.852. The van der Waals surface area contributed by atoms with E-state index < -0.39 is 0 Å². The SMILES string of the molecule is Fc1cccc(CBr)c1N1CCN(c2ccccn2)CC1. The molecule has 110 valence electrons. The molecule has 2 aromatic rings. The smallest absolute Gasteiger partial charge is 0.146 e. The predicted octanol–water partition coefficient (Wildman–Crippen LogP) is 3.44. The Morgan fingerprint density at radius 2 is 1.76 bits per heavy atom. The van der Waals surface area contributed by atoms with Crippen LogP contribution in [-0.4, -0.2) is 31.2 Å². The number of hydrogen-bond acceptors (Lipinski definition) is 3. The van der Waals surface area contributed by atoms with Crippen molar-refractivity contribution in [1.29, 1.82) is 0 Å². The number of halogens is 2. The van der Waals surface area contributed by atoms with E-state index in [4.69, 9.17) is 0 Å². The highest BCUT2D eigenvalue weighted by molar-refractivity contribution is 9.08. The number of benzene rings is 1. The molecule has 5 heteroatoms. The summed E-state index contributed by atoms with van der Waals surface area (Å²) in [4.78, 5) is 8.75. The predicted molar refractivity (Wildman–Crippen MR) is 87.7 cm³/mol. The summed E-state index contributed by atoms with van der Waals surface area (Å²) in [5.41, 5.74) is 1.73. The molecule has 1 fully saturated rings. The number of rotatable bonds is 3. The molecule has 0 spiro atoms. The molecule has 1 saturated heterocycles. The van der Waals surface area contributed by atoms with Crippen LogP contribution in [0.1, 0.15) is 5.56 Å². The van der Waals surface area contributed by atoms with E-state index >= 15 is 0 Å². The van der Waals surface area contributed by atoms with E-state index in [1.165, 1.54) is 6.07 Å². The summed E-state index contributed by atoms with van der Waals surface area (Å²) in [5, 5.41) is 0.667. The maximum absolute atomic E-state index is 14.2. The van der Waals surface area contributed by atoms with E-state index in [-0.39, 0.29) is 5.82 Å². The molecular weight excluding hydrogens is 333 g/mol. The summed E-state index contributed by atoms with van der Waals surface area (Å²) in [6.45, 7) is 3.31. The van der Waals surface area contributed by atoms with E-state index in [1.54, 1.807) is 6.07 Å². The third-order valence-corrected chi connectivity index (χ3v) is 4.39. The molecule has 1 aromatic heterocycles. The molecule has 21 heavy (non-hydrogen) atoms. The summed E-state index contributed by atoms with van der Waals surface area (Å²) in [6, 6.07) is 11.2. The summed E-state index contributed by atoms with van der Waals surface area (Å²) in [6.07, 6.45) is 1.81. The monoisotopic (exact) mass is 349 g/mol. The van der Waals surface area contributed by atoms with E-state index in [9.17, 15) is 4.39 Å². The maximum atomic E-state index is 14.2. The lowest BCUT2D eigenvalue weighted by atomic mass is 10.1. The molecule has 0 amide bonds. The van der Waals surface area contributed by atoms with Crippen LogP contribution in [0.15, 0.2) is 42.6 Å². The summed E-state index contributed by atoms with van der Waals surface area (Å²) >= 11 is 3.44. The zero-order chi connectivity index (χ0) is 14.7. The highest BCUT2D eigenvalue weighted by atomic mass is 79.9. The molecule has 0 atom stereocenters. The minimum atomic E-state index is -0.141. The molecule has 1 aromatic carbocycles. The molecule has 0 radical (unpaired) electrons. The number of hydrogen-bond donors (Lipinski definition) is 0. The number of para-hydroxylation sites is 1. The van der Waals surface area contributed by atoms with Gasteiger partial charge in [-0.2, -0.15) is 0 Å². The molecule has 1 aliphatic rings. The normalized spacial score (nSPS) is 15.3. The Balaban J connectivity index is 1.75. The standard InChI is InChI=1S/C16H17BrFN3/c17-12-13-4-3-5-14(18)16(13)21-10-8-20(9-11-21)15-6-1-2-7-19-15/h1-7H,8-12H2. The van der Waals surface area contributed by atoms with Crippen LogP contribution >= 0.6 is 15.9 Å². The van der Waals surface area contributed by atoms with Crippen molar-refractivity contribution in [2.75, 3.05) is 36.0 Å². The Morgan fingerprint density at radius 1 is 1.00 bits per heavy atom. The van der Waals surface area contributed by atoms with Crippen molar-refractivity contribution in [3.05, 3.63) is 54.0 Å². The van der Waals surface area contributed by atoms with Gasteiger partial charge in [0.1, 0.15) is 11.6 Å². The summed E-state index contributed by atoms with van der Waals surface area (Å²) in [7, 11) is 0. The van der Waals surface area contributed by atoms with Gasteiger partial charge in [-0.15, -0.1) is 0 Å². The molecule has 0 saturated carbocycles. The molecule has 0 unspecified atom stereocenters. The second kappa shape index (κ2) is 6.43. The highest BCUT2D eigenvalue weighted by Crippen LogP contribution is 2.28. The van der Waals surface area contributed by atoms with Crippen LogP contribution in [-0.2, 0) is 5.33 Å².